The highest BCUT2D eigenvalue weighted by Gasteiger charge is 2.00. The molecule has 0 N–H and O–H groups in total. The quantitative estimate of drug-likeness (QED) is 0.498. The van der Waals surface area contributed by atoms with E-state index in [9.17, 15) is 0 Å². The van der Waals surface area contributed by atoms with Gasteiger partial charge in [-0.2, -0.15) is 23.5 Å². The Balaban J connectivity index is 2.14. The predicted octanol–water partition coefficient (Wildman–Crippen LogP) is 5.81. The molecule has 0 spiro atoms. The van der Waals surface area contributed by atoms with Crippen LogP contribution in [0.1, 0.15) is 49.3 Å². The lowest BCUT2D eigenvalue weighted by Gasteiger charge is -1.98. The van der Waals surface area contributed by atoms with Gasteiger partial charge >= 0.3 is 0 Å². The molecule has 1 heterocycles. The lowest BCUT2D eigenvalue weighted by Crippen LogP contribution is -1.79. The third kappa shape index (κ3) is 7.43. The summed E-state index contributed by atoms with van der Waals surface area (Å²) in [6.07, 6.45) is 5.35. The van der Waals surface area contributed by atoms with Crippen molar-refractivity contribution in [2.45, 2.75) is 51.0 Å². The zero-order chi connectivity index (χ0) is 12.3. The van der Waals surface area contributed by atoms with E-state index in [-0.39, 0.29) is 0 Å². The van der Waals surface area contributed by atoms with Crippen molar-refractivity contribution in [1.29, 1.82) is 0 Å². The largest absolute Gasteiger partial charge is 0.156 e. The van der Waals surface area contributed by atoms with Crippen LogP contribution in [0.3, 0.4) is 0 Å². The molecule has 0 aliphatic rings. The summed E-state index contributed by atoms with van der Waals surface area (Å²) in [5.74, 6) is 5.05. The molecule has 0 bridgehead atoms. The second kappa shape index (κ2) is 10.3. The fourth-order valence-corrected chi connectivity index (χ4v) is 4.87. The fourth-order valence-electron chi connectivity index (χ4n) is 1.42. The van der Waals surface area contributed by atoms with Crippen molar-refractivity contribution >= 4 is 34.9 Å². The van der Waals surface area contributed by atoms with E-state index in [4.69, 9.17) is 0 Å². The zero-order valence-electron chi connectivity index (χ0n) is 11.0. The number of unbranched alkanes of at least 4 members (excludes halogenated alkanes) is 2. The van der Waals surface area contributed by atoms with Crippen LogP contribution in [-0.4, -0.2) is 11.5 Å². The molecule has 0 aliphatic carbocycles. The Kier molecular flexibility index (Phi) is 9.40. The summed E-state index contributed by atoms with van der Waals surface area (Å²) in [4.78, 5) is 3.11. The maximum Gasteiger partial charge on any atom is 0.0279 e. The summed E-state index contributed by atoms with van der Waals surface area (Å²) >= 11 is 6.17. The minimum Gasteiger partial charge on any atom is -0.156 e. The van der Waals surface area contributed by atoms with Crippen LogP contribution in [0.4, 0.5) is 0 Å². The maximum atomic E-state index is 2.32. The molecule has 0 radical (unpaired) electrons. The summed E-state index contributed by atoms with van der Waals surface area (Å²) in [5.41, 5.74) is 0. The van der Waals surface area contributed by atoms with Crippen LogP contribution in [-0.2, 0) is 11.5 Å². The van der Waals surface area contributed by atoms with E-state index in [0.717, 1.165) is 0 Å². The molecule has 98 valence electrons. The van der Waals surface area contributed by atoms with Crippen molar-refractivity contribution in [2.75, 3.05) is 11.5 Å². The average molecular weight is 289 g/mol. The fraction of sp³-hybridized carbons (Fsp3) is 0.714. The zero-order valence-corrected chi connectivity index (χ0v) is 13.5. The number of hydrogen-bond donors (Lipinski definition) is 0. The van der Waals surface area contributed by atoms with Crippen molar-refractivity contribution < 1.29 is 0 Å². The van der Waals surface area contributed by atoms with Crippen molar-refractivity contribution in [3.63, 3.8) is 0 Å². The van der Waals surface area contributed by atoms with Gasteiger partial charge < -0.3 is 0 Å². The van der Waals surface area contributed by atoms with E-state index in [1.165, 1.54) is 48.7 Å². The average Bonchev–Trinajstić information content (AvgIpc) is 2.78. The van der Waals surface area contributed by atoms with Gasteiger partial charge in [0, 0.05) is 21.3 Å². The molecular formula is C14H24S3. The summed E-state index contributed by atoms with van der Waals surface area (Å²) in [7, 11) is 0. The molecule has 0 unspecified atom stereocenters. The molecule has 1 aromatic rings. The van der Waals surface area contributed by atoms with E-state index in [0.29, 0.717) is 0 Å². The first kappa shape index (κ1) is 15.5. The first-order chi connectivity index (χ1) is 8.36. The van der Waals surface area contributed by atoms with Crippen LogP contribution < -0.4 is 0 Å². The van der Waals surface area contributed by atoms with Crippen LogP contribution in [0.5, 0.6) is 0 Å². The Morgan fingerprint density at radius 1 is 0.882 bits per heavy atom. The molecule has 0 aliphatic heterocycles. The van der Waals surface area contributed by atoms with E-state index in [1.54, 1.807) is 9.75 Å². The van der Waals surface area contributed by atoms with Crippen molar-refractivity contribution in [3.8, 4) is 0 Å². The standard InChI is InChI=1S/C14H24S3/c1-3-5-9-15-11-13-7-8-14(17-13)12-16-10-6-4-2/h7-8H,3-6,9-12H2,1-2H3. The molecular weight excluding hydrogens is 264 g/mol. The van der Waals surface area contributed by atoms with Crippen LogP contribution in [0, 0.1) is 0 Å². The van der Waals surface area contributed by atoms with E-state index < -0.39 is 0 Å². The molecule has 1 rings (SSSR count). The van der Waals surface area contributed by atoms with Gasteiger partial charge in [0.1, 0.15) is 0 Å². The van der Waals surface area contributed by atoms with Gasteiger partial charge in [0.15, 0.2) is 0 Å². The summed E-state index contributed by atoms with van der Waals surface area (Å²) in [5, 5.41) is 0. The van der Waals surface area contributed by atoms with Gasteiger partial charge in [0.2, 0.25) is 0 Å². The SMILES string of the molecule is CCCCSCc1ccc(CSCCCC)s1. The number of hydrogen-bond acceptors (Lipinski definition) is 3. The van der Waals surface area contributed by atoms with E-state index in [2.05, 4.69) is 49.5 Å². The van der Waals surface area contributed by atoms with Crippen LogP contribution >= 0.6 is 34.9 Å². The highest BCUT2D eigenvalue weighted by atomic mass is 32.2. The van der Waals surface area contributed by atoms with Crippen molar-refractivity contribution in [1.82, 2.24) is 0 Å². The molecule has 0 saturated heterocycles. The normalized spacial score (nSPS) is 10.9. The molecule has 0 fully saturated rings. The smallest absolute Gasteiger partial charge is 0.0279 e. The molecule has 1 aromatic heterocycles. The maximum absolute atomic E-state index is 2.32. The van der Waals surface area contributed by atoms with Gasteiger partial charge in [-0.15, -0.1) is 11.3 Å². The Hall–Kier alpha value is 0.400. The van der Waals surface area contributed by atoms with Gasteiger partial charge in [-0.1, -0.05) is 26.7 Å². The Morgan fingerprint density at radius 2 is 1.35 bits per heavy atom. The predicted molar refractivity (Wildman–Crippen MR) is 86.5 cm³/mol. The Bertz CT molecular complexity index is 254. The second-order valence-electron chi connectivity index (χ2n) is 4.18. The van der Waals surface area contributed by atoms with Crippen LogP contribution in [0.15, 0.2) is 12.1 Å². The molecule has 0 atom stereocenters. The summed E-state index contributed by atoms with van der Waals surface area (Å²) in [6.45, 7) is 4.52. The van der Waals surface area contributed by atoms with Crippen molar-refractivity contribution in [2.24, 2.45) is 0 Å². The number of thioether (sulfide) groups is 2. The van der Waals surface area contributed by atoms with Gasteiger partial charge in [-0.05, 0) is 36.5 Å². The van der Waals surface area contributed by atoms with Crippen LogP contribution in [0.25, 0.3) is 0 Å². The van der Waals surface area contributed by atoms with E-state index in [1.807, 2.05) is 11.3 Å². The topological polar surface area (TPSA) is 0 Å². The first-order valence-electron chi connectivity index (χ1n) is 6.59. The third-order valence-electron chi connectivity index (χ3n) is 2.49. The highest BCUT2D eigenvalue weighted by Crippen LogP contribution is 2.25. The van der Waals surface area contributed by atoms with Gasteiger partial charge in [0.05, 0.1) is 0 Å². The number of rotatable bonds is 10. The van der Waals surface area contributed by atoms with Crippen molar-refractivity contribution in [3.05, 3.63) is 21.9 Å². The number of thiophene rings is 1. The Labute approximate surface area is 119 Å². The minimum absolute atomic E-state index is 1.21. The van der Waals surface area contributed by atoms with Gasteiger partial charge in [-0.3, -0.25) is 0 Å². The van der Waals surface area contributed by atoms with Crippen LogP contribution in [0.2, 0.25) is 0 Å². The molecule has 0 saturated carbocycles. The van der Waals surface area contributed by atoms with Gasteiger partial charge in [0.25, 0.3) is 0 Å². The molecule has 0 nitrogen and oxygen atoms in total. The summed E-state index contributed by atoms with van der Waals surface area (Å²) in [6, 6.07) is 4.64. The molecule has 3 heteroatoms. The monoisotopic (exact) mass is 288 g/mol. The third-order valence-corrected chi connectivity index (χ3v) is 6.13. The molecule has 0 amide bonds. The van der Waals surface area contributed by atoms with Gasteiger partial charge in [-0.25, -0.2) is 0 Å². The molecule has 17 heavy (non-hydrogen) atoms. The second-order valence-corrected chi connectivity index (χ2v) is 7.64. The minimum atomic E-state index is 1.21. The first-order valence-corrected chi connectivity index (χ1v) is 9.72. The Morgan fingerprint density at radius 3 is 1.76 bits per heavy atom. The highest BCUT2D eigenvalue weighted by molar-refractivity contribution is 7.98. The molecule has 0 aromatic carbocycles. The lowest BCUT2D eigenvalue weighted by atomic mass is 10.4. The summed E-state index contributed by atoms with van der Waals surface area (Å²) < 4.78 is 0. The van der Waals surface area contributed by atoms with E-state index >= 15 is 0 Å². The lowest BCUT2D eigenvalue weighted by molar-refractivity contribution is 0.896.